The number of rotatable bonds is 8. The lowest BCUT2D eigenvalue weighted by molar-refractivity contribution is -0.149. The van der Waals surface area contributed by atoms with Gasteiger partial charge in [-0.1, -0.05) is 59.6 Å². The topological polar surface area (TPSA) is 99.9 Å². The zero-order valence-corrected chi connectivity index (χ0v) is 20.4. The smallest absolute Gasteiger partial charge is 0.336 e. The molecule has 0 bridgehead atoms. The Hall–Kier alpha value is -3.42. The van der Waals surface area contributed by atoms with Crippen LogP contribution in [0.2, 0.25) is 10.0 Å². The standard InChI is InChI=1S/C25H24Cl2N2O5/c1-32-19-13-12-18(28)22(33-2)21(19)25(24(31)34-3,14-15-8-5-4-6-9-15)29-23(30)20-16(26)10-7-11-17(20)27/h4-13H,14,28H2,1-3H3,(H,29,30)/t25-/m1/s1. The van der Waals surface area contributed by atoms with Crippen LogP contribution in [0.1, 0.15) is 21.5 Å². The second kappa shape index (κ2) is 10.7. The lowest BCUT2D eigenvalue weighted by Crippen LogP contribution is -2.54. The first-order chi connectivity index (χ1) is 16.3. The van der Waals surface area contributed by atoms with Crippen LogP contribution in [0.15, 0.2) is 60.7 Å². The maximum atomic E-state index is 13.6. The van der Waals surface area contributed by atoms with Gasteiger partial charge in [-0.3, -0.25) is 4.79 Å². The van der Waals surface area contributed by atoms with Gasteiger partial charge in [0.15, 0.2) is 11.3 Å². The van der Waals surface area contributed by atoms with Crippen molar-refractivity contribution in [1.29, 1.82) is 0 Å². The first kappa shape index (κ1) is 25.2. The Morgan fingerprint density at radius 1 is 0.912 bits per heavy atom. The van der Waals surface area contributed by atoms with Crippen molar-refractivity contribution in [3.8, 4) is 11.5 Å². The summed E-state index contributed by atoms with van der Waals surface area (Å²) in [6.07, 6.45) is -0.00943. The number of nitrogens with two attached hydrogens (primary N) is 1. The van der Waals surface area contributed by atoms with Gasteiger partial charge in [-0.2, -0.15) is 0 Å². The predicted molar refractivity (Wildman–Crippen MR) is 132 cm³/mol. The molecule has 9 heteroatoms. The van der Waals surface area contributed by atoms with E-state index in [1.54, 1.807) is 18.2 Å². The van der Waals surface area contributed by atoms with Gasteiger partial charge in [-0.15, -0.1) is 0 Å². The van der Waals surface area contributed by atoms with Crippen LogP contribution in [0, 0.1) is 0 Å². The summed E-state index contributed by atoms with van der Waals surface area (Å²) in [4.78, 5) is 27.1. The van der Waals surface area contributed by atoms with Crippen LogP contribution in [0.25, 0.3) is 0 Å². The van der Waals surface area contributed by atoms with Crippen molar-refractivity contribution in [2.45, 2.75) is 12.0 Å². The molecule has 34 heavy (non-hydrogen) atoms. The number of hydrogen-bond donors (Lipinski definition) is 2. The molecule has 0 heterocycles. The zero-order valence-electron chi connectivity index (χ0n) is 18.9. The fourth-order valence-corrected chi connectivity index (χ4v) is 4.41. The fourth-order valence-electron chi connectivity index (χ4n) is 3.84. The van der Waals surface area contributed by atoms with Crippen LogP contribution in [-0.2, 0) is 21.5 Å². The van der Waals surface area contributed by atoms with Crippen molar-refractivity contribution in [3.05, 3.63) is 87.4 Å². The van der Waals surface area contributed by atoms with Crippen molar-refractivity contribution in [3.63, 3.8) is 0 Å². The number of benzene rings is 3. The molecule has 0 spiro atoms. The summed E-state index contributed by atoms with van der Waals surface area (Å²) >= 11 is 12.6. The number of carbonyl (C=O) groups excluding carboxylic acids is 2. The molecule has 0 unspecified atom stereocenters. The molecule has 0 aliphatic heterocycles. The molecule has 3 N–H and O–H groups in total. The van der Waals surface area contributed by atoms with E-state index in [1.165, 1.54) is 33.5 Å². The van der Waals surface area contributed by atoms with Gasteiger partial charge in [0.1, 0.15) is 5.75 Å². The summed E-state index contributed by atoms with van der Waals surface area (Å²) in [5.74, 6) is -1.04. The molecule has 0 saturated carbocycles. The van der Waals surface area contributed by atoms with Gasteiger partial charge < -0.3 is 25.3 Å². The molecule has 0 fully saturated rings. The Labute approximate surface area is 207 Å². The summed E-state index contributed by atoms with van der Waals surface area (Å²) in [6, 6.07) is 17.0. The van der Waals surface area contributed by atoms with Crippen molar-refractivity contribution in [2.24, 2.45) is 0 Å². The predicted octanol–water partition coefficient (Wildman–Crippen LogP) is 4.63. The minimum absolute atomic E-state index is 0.00834. The molecule has 1 amide bonds. The van der Waals surface area contributed by atoms with Crippen molar-refractivity contribution >= 4 is 40.8 Å². The molecule has 3 aromatic carbocycles. The molecule has 1 atom stereocenters. The van der Waals surface area contributed by atoms with Gasteiger partial charge in [0.2, 0.25) is 0 Å². The van der Waals surface area contributed by atoms with E-state index in [-0.39, 0.29) is 44.8 Å². The zero-order chi connectivity index (χ0) is 24.9. The highest BCUT2D eigenvalue weighted by molar-refractivity contribution is 6.39. The molecule has 0 aromatic heterocycles. The Balaban J connectivity index is 2.34. The Morgan fingerprint density at radius 3 is 2.12 bits per heavy atom. The number of esters is 1. The molecular formula is C25H24Cl2N2O5. The maximum absolute atomic E-state index is 13.6. The Kier molecular flexibility index (Phi) is 7.91. The van der Waals surface area contributed by atoms with E-state index in [0.29, 0.717) is 0 Å². The summed E-state index contributed by atoms with van der Waals surface area (Å²) in [5, 5.41) is 3.06. The Bertz CT molecular complexity index is 1180. The molecule has 0 aliphatic carbocycles. The third kappa shape index (κ3) is 4.76. The molecule has 3 rings (SSSR count). The minimum atomic E-state index is -1.82. The fraction of sp³-hybridized carbons (Fsp3) is 0.200. The maximum Gasteiger partial charge on any atom is 0.336 e. The number of amides is 1. The van der Waals surface area contributed by atoms with E-state index in [0.717, 1.165) is 5.56 Å². The summed E-state index contributed by atoms with van der Waals surface area (Å²) < 4.78 is 16.4. The second-order valence-electron chi connectivity index (χ2n) is 7.38. The van der Waals surface area contributed by atoms with Gasteiger partial charge >= 0.3 is 5.97 Å². The number of halogens is 2. The van der Waals surface area contributed by atoms with Crippen molar-refractivity contribution < 1.29 is 23.8 Å². The van der Waals surface area contributed by atoms with E-state index in [2.05, 4.69) is 5.32 Å². The largest absolute Gasteiger partial charge is 0.496 e. The SMILES string of the molecule is COC(=O)[C@](Cc1ccccc1)(NC(=O)c1c(Cl)cccc1Cl)c1c(OC)ccc(N)c1OC. The third-order valence-electron chi connectivity index (χ3n) is 5.36. The molecule has 178 valence electrons. The summed E-state index contributed by atoms with van der Waals surface area (Å²) in [7, 11) is 4.07. The van der Waals surface area contributed by atoms with E-state index < -0.39 is 17.4 Å². The number of nitrogens with one attached hydrogen (secondary N) is 1. The van der Waals surface area contributed by atoms with Gasteiger partial charge in [0.05, 0.1) is 48.2 Å². The van der Waals surface area contributed by atoms with Crippen LogP contribution >= 0.6 is 23.2 Å². The lowest BCUT2D eigenvalue weighted by Gasteiger charge is -2.35. The molecule has 0 aliphatic rings. The summed E-state index contributed by atoms with van der Waals surface area (Å²) in [6.45, 7) is 0. The van der Waals surface area contributed by atoms with E-state index in [4.69, 9.17) is 43.1 Å². The first-order valence-electron chi connectivity index (χ1n) is 10.2. The number of carbonyl (C=O) groups is 2. The van der Waals surface area contributed by atoms with Gasteiger partial charge in [0, 0.05) is 6.42 Å². The average Bonchev–Trinajstić information content (AvgIpc) is 2.83. The number of methoxy groups -OCH3 is 3. The van der Waals surface area contributed by atoms with Crippen LogP contribution in [0.5, 0.6) is 11.5 Å². The van der Waals surface area contributed by atoms with Crippen LogP contribution in [-0.4, -0.2) is 33.2 Å². The van der Waals surface area contributed by atoms with E-state index >= 15 is 0 Å². The first-order valence-corrected chi connectivity index (χ1v) is 10.9. The summed E-state index contributed by atoms with van der Waals surface area (Å²) in [5.41, 5.74) is 5.55. The van der Waals surface area contributed by atoms with Gasteiger partial charge in [0.25, 0.3) is 5.91 Å². The number of hydrogen-bond acceptors (Lipinski definition) is 6. The minimum Gasteiger partial charge on any atom is -0.496 e. The van der Waals surface area contributed by atoms with Crippen molar-refractivity contribution in [1.82, 2.24) is 5.32 Å². The molecule has 7 nitrogen and oxygen atoms in total. The van der Waals surface area contributed by atoms with E-state index in [1.807, 2.05) is 30.3 Å². The van der Waals surface area contributed by atoms with E-state index in [9.17, 15) is 9.59 Å². The highest BCUT2D eigenvalue weighted by atomic mass is 35.5. The van der Waals surface area contributed by atoms with Crippen LogP contribution in [0.3, 0.4) is 0 Å². The molecular weight excluding hydrogens is 479 g/mol. The average molecular weight is 503 g/mol. The van der Waals surface area contributed by atoms with Gasteiger partial charge in [-0.05, 0) is 29.8 Å². The highest BCUT2D eigenvalue weighted by Crippen LogP contribution is 2.44. The Morgan fingerprint density at radius 2 is 1.56 bits per heavy atom. The molecule has 3 aromatic rings. The number of nitrogen functional groups attached to an aromatic ring is 1. The monoisotopic (exact) mass is 502 g/mol. The highest BCUT2D eigenvalue weighted by Gasteiger charge is 2.48. The number of anilines is 1. The quantitative estimate of drug-likeness (QED) is 0.344. The third-order valence-corrected chi connectivity index (χ3v) is 5.99. The van der Waals surface area contributed by atoms with Crippen molar-refractivity contribution in [2.75, 3.05) is 27.1 Å². The van der Waals surface area contributed by atoms with Crippen LogP contribution < -0.4 is 20.5 Å². The number of ether oxygens (including phenoxy) is 3. The van der Waals surface area contributed by atoms with Crippen LogP contribution in [0.4, 0.5) is 5.69 Å². The normalized spacial score (nSPS) is 12.4. The van der Waals surface area contributed by atoms with Gasteiger partial charge in [-0.25, -0.2) is 4.79 Å². The molecule has 0 radical (unpaired) electrons. The lowest BCUT2D eigenvalue weighted by atomic mass is 9.81. The molecule has 0 saturated heterocycles. The second-order valence-corrected chi connectivity index (χ2v) is 8.19.